The van der Waals surface area contributed by atoms with Crippen LogP contribution >= 0.6 is 35.4 Å². The van der Waals surface area contributed by atoms with Gasteiger partial charge in [-0.3, -0.25) is 4.79 Å². The van der Waals surface area contributed by atoms with E-state index in [1.807, 2.05) is 0 Å². The lowest BCUT2D eigenvalue weighted by atomic mass is 10.3. The van der Waals surface area contributed by atoms with Crippen LogP contribution in [0.2, 0.25) is 10.0 Å². The monoisotopic (exact) mass is 304 g/mol. The zero-order chi connectivity index (χ0) is 13.3. The Balaban J connectivity index is 2.50. The highest BCUT2D eigenvalue weighted by molar-refractivity contribution is 7.71. The number of carbonyl (C=O) groups excluding carboxylic acids is 1. The van der Waals surface area contributed by atoms with Crippen LogP contribution < -0.4 is 0 Å². The van der Waals surface area contributed by atoms with Crippen LogP contribution in [-0.2, 0) is 16.1 Å². The van der Waals surface area contributed by atoms with E-state index < -0.39 is 0 Å². The van der Waals surface area contributed by atoms with Gasteiger partial charge < -0.3 is 14.3 Å². The van der Waals surface area contributed by atoms with Crippen molar-refractivity contribution in [1.82, 2.24) is 9.55 Å². The van der Waals surface area contributed by atoms with Crippen LogP contribution in [0.5, 0.6) is 0 Å². The largest absolute Gasteiger partial charge is 0.465 e. The molecule has 7 heteroatoms. The van der Waals surface area contributed by atoms with Crippen LogP contribution in [0.4, 0.5) is 0 Å². The molecule has 18 heavy (non-hydrogen) atoms. The summed E-state index contributed by atoms with van der Waals surface area (Å²) in [6.07, 6.45) is 0. The number of carbonyl (C=O) groups is 1. The molecule has 4 nitrogen and oxygen atoms in total. The van der Waals surface area contributed by atoms with Gasteiger partial charge in [0.25, 0.3) is 0 Å². The molecule has 0 aliphatic heterocycles. The summed E-state index contributed by atoms with van der Waals surface area (Å²) in [5, 5.41) is 0.847. The first-order chi connectivity index (χ1) is 8.52. The lowest BCUT2D eigenvalue weighted by Gasteiger charge is -2.04. The molecule has 0 bridgehead atoms. The van der Waals surface area contributed by atoms with Gasteiger partial charge in [0.2, 0.25) is 0 Å². The van der Waals surface area contributed by atoms with Crippen molar-refractivity contribution in [3.8, 4) is 0 Å². The van der Waals surface area contributed by atoms with Crippen molar-refractivity contribution < 1.29 is 9.53 Å². The summed E-state index contributed by atoms with van der Waals surface area (Å²) in [5.41, 5.74) is 1.46. The molecule has 0 amide bonds. The van der Waals surface area contributed by atoms with Crippen LogP contribution in [0.25, 0.3) is 11.0 Å². The number of H-pyrrole nitrogens is 1. The quantitative estimate of drug-likeness (QED) is 0.696. The second-order valence-electron chi connectivity index (χ2n) is 3.60. The Kier molecular flexibility index (Phi) is 3.94. The van der Waals surface area contributed by atoms with E-state index in [-0.39, 0.29) is 12.5 Å². The Morgan fingerprint density at radius 3 is 2.78 bits per heavy atom. The zero-order valence-electron chi connectivity index (χ0n) is 9.50. The molecule has 0 saturated heterocycles. The number of halogens is 2. The first-order valence-corrected chi connectivity index (χ1v) is 6.42. The van der Waals surface area contributed by atoms with Gasteiger partial charge in [0.1, 0.15) is 6.54 Å². The maximum atomic E-state index is 11.5. The van der Waals surface area contributed by atoms with Crippen LogP contribution in [0, 0.1) is 4.77 Å². The molecule has 0 atom stereocenters. The molecule has 2 rings (SSSR count). The van der Waals surface area contributed by atoms with E-state index >= 15 is 0 Å². The van der Waals surface area contributed by atoms with E-state index in [2.05, 4.69) is 4.98 Å². The third kappa shape index (κ3) is 2.53. The molecule has 1 heterocycles. The van der Waals surface area contributed by atoms with Gasteiger partial charge in [0.15, 0.2) is 4.77 Å². The standard InChI is InChI=1S/C11H10Cl2N2O2S/c1-2-17-10(16)5-15-9-4-7(13)6(12)3-8(9)14-11(15)18/h3-4H,2,5H2,1H3,(H,14,18). The van der Waals surface area contributed by atoms with E-state index in [9.17, 15) is 4.79 Å². The fourth-order valence-corrected chi connectivity index (χ4v) is 2.24. The topological polar surface area (TPSA) is 47.0 Å². The molecular weight excluding hydrogens is 295 g/mol. The number of hydrogen-bond donors (Lipinski definition) is 1. The minimum absolute atomic E-state index is 0.0463. The number of fused-ring (bicyclic) bond motifs is 1. The van der Waals surface area contributed by atoms with Crippen LogP contribution in [0.15, 0.2) is 12.1 Å². The number of aromatic nitrogens is 2. The van der Waals surface area contributed by atoms with Crippen LogP contribution in [0.3, 0.4) is 0 Å². The fraction of sp³-hybridized carbons (Fsp3) is 0.273. The molecule has 1 N–H and O–H groups in total. The normalized spacial score (nSPS) is 10.8. The highest BCUT2D eigenvalue weighted by atomic mass is 35.5. The number of aromatic amines is 1. The summed E-state index contributed by atoms with van der Waals surface area (Å²) in [6, 6.07) is 3.35. The van der Waals surface area contributed by atoms with Gasteiger partial charge in [0.05, 0.1) is 27.7 Å². The molecule has 0 saturated carbocycles. The number of ether oxygens (including phenoxy) is 1. The fourth-order valence-electron chi connectivity index (χ4n) is 1.64. The molecule has 0 fully saturated rings. The second-order valence-corrected chi connectivity index (χ2v) is 4.81. The van der Waals surface area contributed by atoms with Gasteiger partial charge in [-0.2, -0.15) is 0 Å². The number of hydrogen-bond acceptors (Lipinski definition) is 3. The molecule has 96 valence electrons. The summed E-state index contributed by atoms with van der Waals surface area (Å²) >= 11 is 17.0. The van der Waals surface area contributed by atoms with E-state index in [4.69, 9.17) is 40.2 Å². The Morgan fingerprint density at radius 1 is 1.44 bits per heavy atom. The van der Waals surface area contributed by atoms with E-state index in [1.54, 1.807) is 23.6 Å². The minimum atomic E-state index is -0.347. The summed E-state index contributed by atoms with van der Waals surface area (Å²) in [6.45, 7) is 2.13. The highest BCUT2D eigenvalue weighted by Gasteiger charge is 2.11. The average molecular weight is 305 g/mol. The van der Waals surface area contributed by atoms with Crippen LogP contribution in [0.1, 0.15) is 6.92 Å². The molecule has 0 unspecified atom stereocenters. The van der Waals surface area contributed by atoms with Crippen molar-refractivity contribution in [2.24, 2.45) is 0 Å². The molecule has 2 aromatic rings. The molecule has 0 spiro atoms. The zero-order valence-corrected chi connectivity index (χ0v) is 11.8. The van der Waals surface area contributed by atoms with Gasteiger partial charge in [-0.05, 0) is 31.3 Å². The first-order valence-electron chi connectivity index (χ1n) is 5.26. The SMILES string of the molecule is CCOC(=O)Cn1c(=S)[nH]c2cc(Cl)c(Cl)cc21. The Hall–Kier alpha value is -1.04. The Labute approximate surface area is 118 Å². The lowest BCUT2D eigenvalue weighted by Crippen LogP contribution is -2.13. The molecule has 0 radical (unpaired) electrons. The van der Waals surface area contributed by atoms with E-state index in [1.165, 1.54) is 0 Å². The number of nitrogens with zero attached hydrogens (tertiary/aromatic N) is 1. The Morgan fingerprint density at radius 2 is 2.11 bits per heavy atom. The number of rotatable bonds is 3. The molecule has 0 aliphatic rings. The molecule has 1 aromatic heterocycles. The number of imidazole rings is 1. The van der Waals surface area contributed by atoms with Crippen LogP contribution in [-0.4, -0.2) is 22.1 Å². The molecular formula is C11H10Cl2N2O2S. The number of esters is 1. The summed E-state index contributed by atoms with van der Waals surface area (Å²) in [7, 11) is 0. The maximum Gasteiger partial charge on any atom is 0.326 e. The van der Waals surface area contributed by atoms with Crippen molar-refractivity contribution in [3.05, 3.63) is 26.9 Å². The van der Waals surface area contributed by atoms with Gasteiger partial charge in [-0.25, -0.2) is 0 Å². The van der Waals surface area contributed by atoms with Gasteiger partial charge in [-0.15, -0.1) is 0 Å². The Bertz CT molecular complexity index is 663. The lowest BCUT2D eigenvalue weighted by molar-refractivity contribution is -0.143. The average Bonchev–Trinajstić information content (AvgIpc) is 2.57. The highest BCUT2D eigenvalue weighted by Crippen LogP contribution is 2.27. The first kappa shape index (κ1) is 13.4. The predicted octanol–water partition coefficient (Wildman–Crippen LogP) is 3.57. The van der Waals surface area contributed by atoms with Crippen molar-refractivity contribution >= 4 is 52.4 Å². The maximum absolute atomic E-state index is 11.5. The summed E-state index contributed by atoms with van der Waals surface area (Å²) in [4.78, 5) is 14.5. The van der Waals surface area contributed by atoms with Crippen molar-refractivity contribution in [2.75, 3.05) is 6.61 Å². The van der Waals surface area contributed by atoms with Gasteiger partial charge >= 0.3 is 5.97 Å². The van der Waals surface area contributed by atoms with E-state index in [0.717, 1.165) is 11.0 Å². The molecule has 0 aliphatic carbocycles. The van der Waals surface area contributed by atoms with Crippen molar-refractivity contribution in [3.63, 3.8) is 0 Å². The third-order valence-electron chi connectivity index (χ3n) is 2.41. The number of nitrogens with one attached hydrogen (secondary N) is 1. The number of benzene rings is 1. The summed E-state index contributed by atoms with van der Waals surface area (Å²) in [5.74, 6) is -0.347. The second kappa shape index (κ2) is 5.30. The third-order valence-corrected chi connectivity index (χ3v) is 3.45. The van der Waals surface area contributed by atoms with Crippen molar-refractivity contribution in [1.29, 1.82) is 0 Å². The van der Waals surface area contributed by atoms with Gasteiger partial charge in [-0.1, -0.05) is 23.2 Å². The summed E-state index contributed by atoms with van der Waals surface area (Å²) < 4.78 is 6.95. The van der Waals surface area contributed by atoms with Crippen molar-refractivity contribution in [2.45, 2.75) is 13.5 Å². The van der Waals surface area contributed by atoms with Gasteiger partial charge in [0, 0.05) is 0 Å². The predicted molar refractivity (Wildman–Crippen MR) is 73.8 cm³/mol. The molecule has 1 aromatic carbocycles. The minimum Gasteiger partial charge on any atom is -0.465 e. The van der Waals surface area contributed by atoms with E-state index in [0.29, 0.717) is 21.4 Å². The smallest absolute Gasteiger partial charge is 0.326 e.